The fourth-order valence-corrected chi connectivity index (χ4v) is 1.82. The molecule has 3 heteroatoms. The van der Waals surface area contributed by atoms with E-state index in [4.69, 9.17) is 5.73 Å². The third-order valence-electron chi connectivity index (χ3n) is 2.91. The minimum absolute atomic E-state index is 0.0619. The summed E-state index contributed by atoms with van der Waals surface area (Å²) in [6.45, 7) is 3.61. The Morgan fingerprint density at radius 2 is 1.95 bits per heavy atom. The number of nitrogens with two attached hydrogens (primary N) is 1. The van der Waals surface area contributed by atoms with E-state index in [1.165, 1.54) is 12.1 Å². The van der Waals surface area contributed by atoms with Crippen LogP contribution >= 0.6 is 0 Å². The fourth-order valence-electron chi connectivity index (χ4n) is 1.82. The third-order valence-corrected chi connectivity index (χ3v) is 2.91. The number of halogens is 1. The van der Waals surface area contributed by atoms with E-state index in [-0.39, 0.29) is 17.4 Å². The molecule has 19 heavy (non-hydrogen) atoms. The maximum atomic E-state index is 13.6. The van der Waals surface area contributed by atoms with Gasteiger partial charge in [-0.05, 0) is 23.8 Å². The highest BCUT2D eigenvalue weighted by molar-refractivity contribution is 6.09. The van der Waals surface area contributed by atoms with Gasteiger partial charge in [-0.1, -0.05) is 36.4 Å². The molecule has 0 saturated heterocycles. The van der Waals surface area contributed by atoms with Crippen LogP contribution in [0.1, 0.15) is 27.5 Å². The summed E-state index contributed by atoms with van der Waals surface area (Å²) in [6, 6.07) is 12.4. The Bertz CT molecular complexity index is 622. The smallest absolute Gasteiger partial charge is 0.195 e. The van der Waals surface area contributed by atoms with Gasteiger partial charge < -0.3 is 5.73 Å². The first-order valence-corrected chi connectivity index (χ1v) is 5.91. The van der Waals surface area contributed by atoms with Crippen molar-refractivity contribution in [1.82, 2.24) is 0 Å². The lowest BCUT2D eigenvalue weighted by atomic mass is 9.98. The quantitative estimate of drug-likeness (QED) is 0.673. The van der Waals surface area contributed by atoms with E-state index in [2.05, 4.69) is 6.58 Å². The van der Waals surface area contributed by atoms with Crippen LogP contribution in [0.25, 0.3) is 0 Å². The molecule has 0 radical (unpaired) electrons. The average Bonchev–Trinajstić information content (AvgIpc) is 2.46. The second-order valence-electron chi connectivity index (χ2n) is 4.20. The molecule has 2 N–H and O–H groups in total. The van der Waals surface area contributed by atoms with E-state index in [9.17, 15) is 9.18 Å². The second kappa shape index (κ2) is 5.59. The number of carbonyl (C=O) groups excluding carboxylic acids is 1. The molecule has 96 valence electrons. The van der Waals surface area contributed by atoms with E-state index in [1.54, 1.807) is 36.4 Å². The largest absolute Gasteiger partial charge is 0.321 e. The van der Waals surface area contributed by atoms with Crippen molar-refractivity contribution in [3.63, 3.8) is 0 Å². The second-order valence-corrected chi connectivity index (χ2v) is 4.20. The van der Waals surface area contributed by atoms with Gasteiger partial charge in [0.25, 0.3) is 0 Å². The molecule has 1 unspecified atom stereocenters. The van der Waals surface area contributed by atoms with Crippen LogP contribution in [0.3, 0.4) is 0 Å². The topological polar surface area (TPSA) is 43.1 Å². The Kier molecular flexibility index (Phi) is 3.88. The molecule has 2 rings (SSSR count). The third kappa shape index (κ3) is 2.77. The molecular formula is C16H14FNO. The zero-order valence-corrected chi connectivity index (χ0v) is 10.3. The molecule has 0 aliphatic rings. The molecule has 1 atom stereocenters. The normalized spacial score (nSPS) is 11.9. The van der Waals surface area contributed by atoms with Gasteiger partial charge in [0.1, 0.15) is 5.82 Å². The summed E-state index contributed by atoms with van der Waals surface area (Å²) in [5.41, 5.74) is 7.08. The first-order valence-electron chi connectivity index (χ1n) is 5.91. The summed E-state index contributed by atoms with van der Waals surface area (Å²) >= 11 is 0. The maximum Gasteiger partial charge on any atom is 0.195 e. The van der Waals surface area contributed by atoms with Crippen molar-refractivity contribution in [2.75, 3.05) is 0 Å². The van der Waals surface area contributed by atoms with Gasteiger partial charge in [0.2, 0.25) is 0 Å². The lowest BCUT2D eigenvalue weighted by molar-refractivity contribution is 0.103. The van der Waals surface area contributed by atoms with Crippen LogP contribution in [-0.2, 0) is 0 Å². The van der Waals surface area contributed by atoms with Gasteiger partial charge in [-0.3, -0.25) is 4.79 Å². The highest BCUT2D eigenvalue weighted by atomic mass is 19.1. The molecule has 0 aliphatic carbocycles. The molecule has 2 nitrogen and oxygen atoms in total. The van der Waals surface area contributed by atoms with Crippen molar-refractivity contribution in [2.24, 2.45) is 5.73 Å². The molecule has 0 fully saturated rings. The highest BCUT2D eigenvalue weighted by Gasteiger charge is 2.14. The molecule has 0 amide bonds. The Morgan fingerprint density at radius 3 is 2.63 bits per heavy atom. The predicted molar refractivity (Wildman–Crippen MR) is 73.4 cm³/mol. The summed E-state index contributed by atoms with van der Waals surface area (Å²) in [6.07, 6.45) is 1.59. The molecule has 0 heterocycles. The molecule has 0 bridgehead atoms. The van der Waals surface area contributed by atoms with Crippen molar-refractivity contribution in [1.29, 1.82) is 0 Å². The molecular weight excluding hydrogens is 241 g/mol. The van der Waals surface area contributed by atoms with E-state index in [0.29, 0.717) is 5.56 Å². The fraction of sp³-hybridized carbons (Fsp3) is 0.0625. The molecule has 2 aromatic rings. The molecule has 0 saturated carbocycles. The number of carbonyl (C=O) groups is 1. The Morgan fingerprint density at radius 1 is 1.21 bits per heavy atom. The monoisotopic (exact) mass is 255 g/mol. The van der Waals surface area contributed by atoms with Crippen LogP contribution in [0.5, 0.6) is 0 Å². The van der Waals surface area contributed by atoms with Gasteiger partial charge in [-0.2, -0.15) is 0 Å². The van der Waals surface area contributed by atoms with Crippen LogP contribution < -0.4 is 5.73 Å². The van der Waals surface area contributed by atoms with E-state index in [1.807, 2.05) is 6.07 Å². The zero-order chi connectivity index (χ0) is 13.8. The van der Waals surface area contributed by atoms with Crippen molar-refractivity contribution in [3.8, 4) is 0 Å². The summed E-state index contributed by atoms with van der Waals surface area (Å²) in [4.78, 5) is 12.2. The number of ketones is 1. The zero-order valence-electron chi connectivity index (χ0n) is 10.3. The van der Waals surface area contributed by atoms with E-state index >= 15 is 0 Å². The van der Waals surface area contributed by atoms with E-state index in [0.717, 1.165) is 5.56 Å². The van der Waals surface area contributed by atoms with Crippen molar-refractivity contribution in [2.45, 2.75) is 6.04 Å². The highest BCUT2D eigenvalue weighted by Crippen LogP contribution is 2.17. The molecule has 0 aromatic heterocycles. The van der Waals surface area contributed by atoms with Crippen LogP contribution in [0.15, 0.2) is 61.2 Å². The van der Waals surface area contributed by atoms with Gasteiger partial charge in [0.05, 0.1) is 5.56 Å². The predicted octanol–water partition coefficient (Wildman–Crippen LogP) is 3.24. The molecule has 2 aromatic carbocycles. The Balaban J connectivity index is 2.40. The van der Waals surface area contributed by atoms with E-state index < -0.39 is 5.82 Å². The van der Waals surface area contributed by atoms with Crippen molar-refractivity contribution >= 4 is 5.78 Å². The van der Waals surface area contributed by atoms with Crippen molar-refractivity contribution < 1.29 is 9.18 Å². The number of hydrogen-bond acceptors (Lipinski definition) is 2. The van der Waals surface area contributed by atoms with Gasteiger partial charge in [0, 0.05) is 11.6 Å². The lowest BCUT2D eigenvalue weighted by Gasteiger charge is -2.08. The molecule has 0 spiro atoms. The summed E-state index contributed by atoms with van der Waals surface area (Å²) < 4.78 is 13.6. The van der Waals surface area contributed by atoms with Crippen LogP contribution in [0.2, 0.25) is 0 Å². The Labute approximate surface area is 111 Å². The summed E-state index contributed by atoms with van der Waals surface area (Å²) in [5, 5.41) is 0. The average molecular weight is 255 g/mol. The lowest BCUT2D eigenvalue weighted by Crippen LogP contribution is -2.09. The SMILES string of the molecule is C=CC(N)c1cccc(C(=O)c2ccccc2F)c1. The van der Waals surface area contributed by atoms with Gasteiger partial charge in [0.15, 0.2) is 5.78 Å². The van der Waals surface area contributed by atoms with Crippen LogP contribution in [0.4, 0.5) is 4.39 Å². The Hall–Kier alpha value is -2.26. The first-order chi connectivity index (χ1) is 9.13. The minimum Gasteiger partial charge on any atom is -0.321 e. The van der Waals surface area contributed by atoms with Crippen LogP contribution in [0, 0.1) is 5.82 Å². The summed E-state index contributed by atoms with van der Waals surface area (Å²) in [7, 11) is 0. The summed E-state index contributed by atoms with van der Waals surface area (Å²) in [5.74, 6) is -0.873. The van der Waals surface area contributed by atoms with Gasteiger partial charge in [-0.15, -0.1) is 6.58 Å². The first kappa shape index (κ1) is 13.2. The van der Waals surface area contributed by atoms with Crippen LogP contribution in [-0.4, -0.2) is 5.78 Å². The number of hydrogen-bond donors (Lipinski definition) is 1. The molecule has 0 aliphatic heterocycles. The standard InChI is InChI=1S/C16H14FNO/c1-2-15(18)11-6-5-7-12(10-11)16(19)13-8-3-4-9-14(13)17/h2-10,15H,1,18H2. The minimum atomic E-state index is -0.522. The van der Waals surface area contributed by atoms with Crippen molar-refractivity contribution in [3.05, 3.63) is 83.7 Å². The number of benzene rings is 2. The van der Waals surface area contributed by atoms with Gasteiger partial charge in [-0.25, -0.2) is 4.39 Å². The van der Waals surface area contributed by atoms with Gasteiger partial charge >= 0.3 is 0 Å². The maximum absolute atomic E-state index is 13.6. The number of rotatable bonds is 4.